The summed E-state index contributed by atoms with van der Waals surface area (Å²) < 4.78 is 0. The third-order valence-electron chi connectivity index (χ3n) is 9.76. The van der Waals surface area contributed by atoms with Gasteiger partial charge in [0, 0.05) is 12.6 Å². The van der Waals surface area contributed by atoms with Gasteiger partial charge in [0.15, 0.2) is 0 Å². The second kappa shape index (κ2) is 11.1. The molecule has 5 N–H and O–H groups in total. The minimum Gasteiger partial charge on any atom is -0.363 e. The highest BCUT2D eigenvalue weighted by Gasteiger charge is 2.70. The number of fused-ring (bicyclic) bond motifs is 1. The fraction of sp³-hybridized carbons (Fsp3) is 0.828. The first-order chi connectivity index (χ1) is 18.2. The number of urea groups is 1. The first-order valence-electron chi connectivity index (χ1n) is 14.7. The molecule has 10 nitrogen and oxygen atoms in total. The lowest BCUT2D eigenvalue weighted by Crippen LogP contribution is -2.61. The van der Waals surface area contributed by atoms with Crippen molar-refractivity contribution in [2.24, 2.45) is 34.3 Å². The quantitative estimate of drug-likeness (QED) is 0.328. The Kier molecular flexibility index (Phi) is 8.34. The van der Waals surface area contributed by atoms with Gasteiger partial charge in [0.05, 0.1) is 6.04 Å². The van der Waals surface area contributed by atoms with E-state index in [0.717, 1.165) is 44.9 Å². The number of primary amides is 1. The van der Waals surface area contributed by atoms with Crippen molar-refractivity contribution in [3.8, 4) is 0 Å². The number of carbonyl (C=O) groups excluding carboxylic acids is 5. The van der Waals surface area contributed by atoms with Crippen LogP contribution < -0.4 is 21.7 Å². The van der Waals surface area contributed by atoms with Gasteiger partial charge in [0.25, 0.3) is 5.91 Å². The summed E-state index contributed by atoms with van der Waals surface area (Å²) >= 11 is 0. The van der Waals surface area contributed by atoms with Crippen LogP contribution in [0.15, 0.2) is 0 Å². The maximum Gasteiger partial charge on any atom is 0.315 e. The van der Waals surface area contributed by atoms with Crippen LogP contribution in [0.3, 0.4) is 0 Å². The maximum atomic E-state index is 14.0. The maximum absolute atomic E-state index is 14.0. The number of likely N-dealkylation sites (tertiary alicyclic amines) is 1. The van der Waals surface area contributed by atoms with Gasteiger partial charge < -0.3 is 26.6 Å². The molecule has 3 aliphatic carbocycles. The summed E-state index contributed by atoms with van der Waals surface area (Å²) in [5.41, 5.74) is 4.58. The van der Waals surface area contributed by atoms with E-state index >= 15 is 0 Å². The molecule has 4 unspecified atom stereocenters. The van der Waals surface area contributed by atoms with Gasteiger partial charge in [-0.25, -0.2) is 4.79 Å². The molecule has 0 aromatic carbocycles. The van der Waals surface area contributed by atoms with Crippen LogP contribution in [0.5, 0.6) is 0 Å². The van der Waals surface area contributed by atoms with Crippen LogP contribution in [0.2, 0.25) is 0 Å². The number of amides is 5. The monoisotopic (exact) mass is 545 g/mol. The van der Waals surface area contributed by atoms with Gasteiger partial charge in [-0.05, 0) is 47.8 Å². The average Bonchev–Trinajstić information content (AvgIpc) is 3.15. The molecule has 0 aromatic heterocycles. The van der Waals surface area contributed by atoms with Gasteiger partial charge >= 0.3 is 6.03 Å². The standard InChI is InChI=1S/C29H47N5O5/c1-28(2,3)23(33-27(39)31-17-12-7-6-8-13-17)26(38)34-15-18-20(29(18,4)5)21(34)25(37)32-19(22(35)24(30)36)14-16-10-9-11-16/h16-21,23H,6-15H2,1-5H3,(H2,30,36)(H,32,37)(H2,31,33,39)/t18?,19?,20?,21?,23-/m1/s1. The smallest absolute Gasteiger partial charge is 0.315 e. The molecule has 39 heavy (non-hydrogen) atoms. The molecule has 1 heterocycles. The Labute approximate surface area is 231 Å². The zero-order valence-electron chi connectivity index (χ0n) is 24.2. The van der Waals surface area contributed by atoms with Gasteiger partial charge in [0.1, 0.15) is 12.1 Å². The van der Waals surface area contributed by atoms with Crippen molar-refractivity contribution < 1.29 is 24.0 Å². The molecule has 4 fully saturated rings. The molecule has 0 aromatic rings. The predicted molar refractivity (Wildman–Crippen MR) is 146 cm³/mol. The zero-order valence-corrected chi connectivity index (χ0v) is 24.2. The first-order valence-corrected chi connectivity index (χ1v) is 14.7. The van der Waals surface area contributed by atoms with Crippen LogP contribution in [0, 0.1) is 28.6 Å². The first kappa shape index (κ1) is 29.3. The van der Waals surface area contributed by atoms with Gasteiger partial charge in [0.2, 0.25) is 17.6 Å². The van der Waals surface area contributed by atoms with Gasteiger partial charge in [-0.15, -0.1) is 0 Å². The molecule has 218 valence electrons. The van der Waals surface area contributed by atoms with Crippen molar-refractivity contribution >= 4 is 29.5 Å². The highest BCUT2D eigenvalue weighted by Crippen LogP contribution is 2.65. The van der Waals surface area contributed by atoms with Crippen LogP contribution in [-0.2, 0) is 19.2 Å². The lowest BCUT2D eigenvalue weighted by atomic mass is 9.80. The number of nitrogens with one attached hydrogen (secondary N) is 3. The predicted octanol–water partition coefficient (Wildman–Crippen LogP) is 2.25. The van der Waals surface area contributed by atoms with E-state index in [1.165, 1.54) is 6.42 Å². The second-order valence-electron chi connectivity index (χ2n) is 14.0. The summed E-state index contributed by atoms with van der Waals surface area (Å²) in [6.07, 6.45) is 8.53. The van der Waals surface area contributed by atoms with Crippen LogP contribution in [-0.4, -0.2) is 65.1 Å². The molecule has 4 aliphatic rings. The molecule has 0 radical (unpaired) electrons. The second-order valence-corrected chi connectivity index (χ2v) is 14.0. The Bertz CT molecular complexity index is 995. The minimum atomic E-state index is -1.07. The van der Waals surface area contributed by atoms with Crippen LogP contribution >= 0.6 is 0 Å². The van der Waals surface area contributed by atoms with Crippen molar-refractivity contribution in [1.82, 2.24) is 20.9 Å². The summed E-state index contributed by atoms with van der Waals surface area (Å²) in [4.78, 5) is 66.7. The Morgan fingerprint density at radius 1 is 0.949 bits per heavy atom. The molecular formula is C29H47N5O5. The average molecular weight is 546 g/mol. The SMILES string of the molecule is CC1(C)C2CN(C(=O)[C@@H](NC(=O)NC3CCCCC3)C(C)(C)C)C(C(=O)NC(CC3CCC3)C(=O)C(N)=O)C21. The summed E-state index contributed by atoms with van der Waals surface area (Å²) in [6, 6.07) is -2.88. The topological polar surface area (TPSA) is 151 Å². The molecule has 10 heteroatoms. The molecule has 4 rings (SSSR count). The highest BCUT2D eigenvalue weighted by atomic mass is 16.2. The number of nitrogens with two attached hydrogens (primary N) is 1. The van der Waals surface area contributed by atoms with Gasteiger partial charge in [-0.3, -0.25) is 19.2 Å². The Balaban J connectivity index is 1.50. The van der Waals surface area contributed by atoms with E-state index < -0.39 is 41.1 Å². The van der Waals surface area contributed by atoms with Crippen molar-refractivity contribution in [2.45, 2.75) is 117 Å². The molecule has 0 spiro atoms. The lowest BCUT2D eigenvalue weighted by molar-refractivity contribution is -0.145. The molecule has 0 bridgehead atoms. The van der Waals surface area contributed by atoms with E-state index in [0.29, 0.717) is 13.0 Å². The van der Waals surface area contributed by atoms with Crippen molar-refractivity contribution in [2.75, 3.05) is 6.54 Å². The van der Waals surface area contributed by atoms with Crippen molar-refractivity contribution in [1.29, 1.82) is 0 Å². The third kappa shape index (κ3) is 6.24. The van der Waals surface area contributed by atoms with E-state index in [9.17, 15) is 24.0 Å². The van der Waals surface area contributed by atoms with Crippen LogP contribution in [0.25, 0.3) is 0 Å². The molecule has 5 amide bonds. The molecule has 1 saturated heterocycles. The van der Waals surface area contributed by atoms with Crippen LogP contribution in [0.4, 0.5) is 4.79 Å². The Hall–Kier alpha value is -2.65. The minimum absolute atomic E-state index is 0.0637. The van der Waals surface area contributed by atoms with E-state index in [2.05, 4.69) is 29.8 Å². The fourth-order valence-corrected chi connectivity index (χ4v) is 6.95. The number of carbonyl (C=O) groups is 5. The van der Waals surface area contributed by atoms with Gasteiger partial charge in [-0.2, -0.15) is 0 Å². The number of nitrogens with zero attached hydrogens (tertiary/aromatic N) is 1. The van der Waals surface area contributed by atoms with E-state index in [4.69, 9.17) is 5.73 Å². The number of rotatable bonds is 9. The van der Waals surface area contributed by atoms with Gasteiger partial charge in [-0.1, -0.05) is 73.1 Å². The Morgan fingerprint density at radius 3 is 2.13 bits per heavy atom. The molecule has 5 atom stereocenters. The number of ketones is 1. The third-order valence-corrected chi connectivity index (χ3v) is 9.76. The number of hydrogen-bond acceptors (Lipinski definition) is 5. The number of piperidine rings is 1. The summed E-state index contributed by atoms with van der Waals surface area (Å²) in [7, 11) is 0. The molecule has 3 saturated carbocycles. The molecule has 1 aliphatic heterocycles. The largest absolute Gasteiger partial charge is 0.363 e. The normalized spacial score (nSPS) is 27.9. The van der Waals surface area contributed by atoms with E-state index in [-0.39, 0.29) is 41.1 Å². The zero-order chi connectivity index (χ0) is 28.7. The summed E-state index contributed by atoms with van der Waals surface area (Å²) in [6.45, 7) is 10.3. The van der Waals surface area contributed by atoms with E-state index in [1.54, 1.807) is 4.90 Å². The number of hydrogen-bond donors (Lipinski definition) is 4. The number of Topliss-reactive ketones (excluding diaryl/α,β-unsaturated/α-hetero) is 1. The molecular weight excluding hydrogens is 498 g/mol. The summed E-state index contributed by atoms with van der Waals surface area (Å²) in [5, 5.41) is 8.75. The summed E-state index contributed by atoms with van der Waals surface area (Å²) in [5.74, 6) is -2.25. The van der Waals surface area contributed by atoms with E-state index in [1.807, 2.05) is 20.8 Å². The Morgan fingerprint density at radius 2 is 1.59 bits per heavy atom. The van der Waals surface area contributed by atoms with Crippen LogP contribution in [0.1, 0.15) is 92.4 Å². The highest BCUT2D eigenvalue weighted by molar-refractivity contribution is 6.37. The fourth-order valence-electron chi connectivity index (χ4n) is 6.95. The van der Waals surface area contributed by atoms with Crippen molar-refractivity contribution in [3.05, 3.63) is 0 Å². The van der Waals surface area contributed by atoms with Crippen molar-refractivity contribution in [3.63, 3.8) is 0 Å². The lowest BCUT2D eigenvalue weighted by Gasteiger charge is -2.38.